The molecular weight excluding hydrogens is 506 g/mol. The van der Waals surface area contributed by atoms with Gasteiger partial charge in [-0.15, -0.1) is 11.3 Å². The second kappa shape index (κ2) is 10.7. The second-order valence-electron chi connectivity index (χ2n) is 9.68. The molecule has 0 bridgehead atoms. The first-order valence-corrected chi connectivity index (χ1v) is 12.8. The average molecular weight is 535 g/mol. The van der Waals surface area contributed by atoms with Crippen LogP contribution >= 0.6 is 22.9 Å². The van der Waals surface area contributed by atoms with Gasteiger partial charge in [-0.25, -0.2) is 14.8 Å². The molecule has 2 heterocycles. The monoisotopic (exact) mass is 534 g/mol. The summed E-state index contributed by atoms with van der Waals surface area (Å²) in [6, 6.07) is 12.8. The Balaban J connectivity index is 1.53. The van der Waals surface area contributed by atoms with Gasteiger partial charge in [0, 0.05) is 39.4 Å². The van der Waals surface area contributed by atoms with Crippen molar-refractivity contribution in [2.24, 2.45) is 5.41 Å². The average Bonchev–Trinajstić information content (AvgIpc) is 3.25. The number of hydrogen-bond acceptors (Lipinski definition) is 6. The molecular formula is C27H29ClN7OS+. The predicted octanol–water partition coefficient (Wildman–Crippen LogP) is 5.83. The number of quaternary nitrogens is 1. The Morgan fingerprint density at radius 3 is 2.54 bits per heavy atom. The van der Waals surface area contributed by atoms with Crippen molar-refractivity contribution in [1.82, 2.24) is 15.3 Å². The maximum absolute atomic E-state index is 12.9. The number of nitrogens with one attached hydrogen (secondary N) is 3. The molecule has 2 aromatic carbocycles. The Hall–Kier alpha value is -3.79. The van der Waals surface area contributed by atoms with Crippen molar-refractivity contribution >= 4 is 62.1 Å². The Labute approximate surface area is 224 Å². The number of carbonyl (C=O) groups excluding carboxylic acids is 1. The van der Waals surface area contributed by atoms with E-state index in [-0.39, 0.29) is 5.41 Å². The molecule has 37 heavy (non-hydrogen) atoms. The highest BCUT2D eigenvalue weighted by molar-refractivity contribution is 7.17. The van der Waals surface area contributed by atoms with Crippen molar-refractivity contribution in [3.8, 4) is 11.1 Å². The second-order valence-corrected chi connectivity index (χ2v) is 10.9. The number of aryl methyl sites for hydroxylation is 1. The number of nitrogens with zero attached hydrogens (tertiary/aromatic N) is 2. The number of fused-ring (bicyclic) bond motifs is 1. The summed E-state index contributed by atoms with van der Waals surface area (Å²) in [5, 5.41) is 19.1. The molecule has 0 atom stereocenters. The number of aromatic nitrogens is 2. The van der Waals surface area contributed by atoms with Gasteiger partial charge in [0.1, 0.15) is 22.7 Å². The van der Waals surface area contributed by atoms with Gasteiger partial charge in [-0.2, -0.15) is 0 Å². The van der Waals surface area contributed by atoms with E-state index >= 15 is 0 Å². The van der Waals surface area contributed by atoms with Crippen LogP contribution in [0.4, 0.5) is 22.0 Å². The van der Waals surface area contributed by atoms with Crippen LogP contribution in [0.25, 0.3) is 21.3 Å². The summed E-state index contributed by atoms with van der Waals surface area (Å²) in [6.45, 7) is 7.88. The van der Waals surface area contributed by atoms with Gasteiger partial charge in [-0.05, 0) is 31.2 Å². The first-order chi connectivity index (χ1) is 17.5. The number of urea groups is 1. The molecule has 0 saturated carbocycles. The topological polar surface area (TPSA) is 133 Å². The molecule has 0 unspecified atom stereocenters. The highest BCUT2D eigenvalue weighted by Gasteiger charge is 2.19. The Kier molecular flexibility index (Phi) is 7.58. The van der Waals surface area contributed by atoms with Crippen LogP contribution in [0.5, 0.6) is 0 Å². The summed E-state index contributed by atoms with van der Waals surface area (Å²) in [7, 11) is 0. The molecule has 0 aliphatic rings. The number of nitrogen functional groups attached to an aromatic ring is 1. The zero-order valence-electron chi connectivity index (χ0n) is 21.0. The predicted molar refractivity (Wildman–Crippen MR) is 152 cm³/mol. The molecule has 2 amide bonds. The highest BCUT2D eigenvalue weighted by atomic mass is 35.5. The van der Waals surface area contributed by atoms with Gasteiger partial charge < -0.3 is 16.5 Å². The zero-order chi connectivity index (χ0) is 26.7. The van der Waals surface area contributed by atoms with Crippen molar-refractivity contribution in [2.45, 2.75) is 27.7 Å². The van der Waals surface area contributed by atoms with Crippen LogP contribution in [0, 0.1) is 17.7 Å². The molecule has 4 aromatic rings. The Bertz CT molecular complexity index is 1500. The van der Waals surface area contributed by atoms with Crippen LogP contribution in [0.3, 0.4) is 0 Å². The van der Waals surface area contributed by atoms with Gasteiger partial charge in [-0.3, -0.25) is 10.6 Å². The third-order valence-corrected chi connectivity index (χ3v) is 6.88. The van der Waals surface area contributed by atoms with Crippen molar-refractivity contribution in [2.75, 3.05) is 11.1 Å². The number of nitrogens with two attached hydrogens (primary N) is 2. The maximum atomic E-state index is 12.9. The molecule has 190 valence electrons. The lowest BCUT2D eigenvalue weighted by Gasteiger charge is -2.18. The summed E-state index contributed by atoms with van der Waals surface area (Å²) < 4.78 is 0. The smallest absolute Gasteiger partial charge is 0.327 e. The lowest BCUT2D eigenvalue weighted by atomic mass is 9.90. The van der Waals surface area contributed by atoms with E-state index in [1.807, 2.05) is 68.7 Å². The molecule has 0 spiro atoms. The van der Waals surface area contributed by atoms with Gasteiger partial charge in [0.15, 0.2) is 0 Å². The summed E-state index contributed by atoms with van der Waals surface area (Å²) in [6.07, 6.45) is 3.11. The first-order valence-electron chi connectivity index (χ1n) is 11.6. The van der Waals surface area contributed by atoms with E-state index in [4.69, 9.17) is 22.7 Å². The van der Waals surface area contributed by atoms with Gasteiger partial charge in [0.2, 0.25) is 5.82 Å². The standard InChI is InChI=1S/C27H28ClN7OS/c1-15-5-7-16(8-6-15)33-22(12-21(29)27(2,3)4)35-26(36)34-17-9-10-18(20(28)11-17)19-13-37-25-23(19)24(30)31-14-32-25/h5-14,29,33H,1-4H3,(H2,30,31,32)(H2,34,35,36)/p+1. The molecule has 8 nitrogen and oxygen atoms in total. The third-order valence-electron chi connectivity index (χ3n) is 5.68. The van der Waals surface area contributed by atoms with E-state index in [9.17, 15) is 4.79 Å². The number of thiophene rings is 1. The highest BCUT2D eigenvalue weighted by Crippen LogP contribution is 2.39. The van der Waals surface area contributed by atoms with E-state index in [0.29, 0.717) is 28.1 Å². The minimum atomic E-state index is -0.446. The molecule has 0 aliphatic heterocycles. The number of benzene rings is 2. The SMILES string of the molecule is Cc1ccc([NH2+]C(=CC(=N)C(C)(C)C)NC(=O)Nc2ccc(-c3csc4ncnc(N)c34)c(Cl)c2)cc1. The van der Waals surface area contributed by atoms with Crippen LogP contribution in [-0.4, -0.2) is 21.7 Å². The van der Waals surface area contributed by atoms with Gasteiger partial charge >= 0.3 is 6.03 Å². The van der Waals surface area contributed by atoms with Crippen LogP contribution in [-0.2, 0) is 0 Å². The van der Waals surface area contributed by atoms with Crippen molar-refractivity contribution in [3.63, 3.8) is 0 Å². The summed E-state index contributed by atoms with van der Waals surface area (Å²) in [4.78, 5) is 22.1. The van der Waals surface area contributed by atoms with Crippen LogP contribution in [0.15, 0.2) is 66.1 Å². The number of anilines is 2. The number of halogens is 1. The van der Waals surface area contributed by atoms with E-state index in [1.54, 1.807) is 18.2 Å². The Morgan fingerprint density at radius 2 is 1.86 bits per heavy atom. The molecule has 0 radical (unpaired) electrons. The maximum Gasteiger partial charge on any atom is 0.327 e. The van der Waals surface area contributed by atoms with Crippen molar-refractivity contribution in [3.05, 3.63) is 76.7 Å². The van der Waals surface area contributed by atoms with Crippen LogP contribution in [0.1, 0.15) is 26.3 Å². The van der Waals surface area contributed by atoms with Crippen LogP contribution < -0.4 is 21.7 Å². The van der Waals surface area contributed by atoms with E-state index in [0.717, 1.165) is 32.6 Å². The van der Waals surface area contributed by atoms with E-state index in [1.165, 1.54) is 17.7 Å². The Morgan fingerprint density at radius 1 is 1.14 bits per heavy atom. The van der Waals surface area contributed by atoms with E-state index < -0.39 is 6.03 Å². The summed E-state index contributed by atoms with van der Waals surface area (Å²) in [5.41, 5.74) is 10.3. The molecule has 10 heteroatoms. The fraction of sp³-hybridized carbons (Fsp3) is 0.185. The molecule has 4 rings (SSSR count). The van der Waals surface area contributed by atoms with Gasteiger partial charge in [-0.1, -0.05) is 56.1 Å². The molecule has 0 fully saturated rings. The number of amides is 2. The van der Waals surface area contributed by atoms with Crippen molar-refractivity contribution in [1.29, 1.82) is 5.41 Å². The number of allylic oxidation sites excluding steroid dienone is 1. The van der Waals surface area contributed by atoms with Crippen molar-refractivity contribution < 1.29 is 10.1 Å². The largest absolute Gasteiger partial charge is 0.383 e. The zero-order valence-corrected chi connectivity index (χ0v) is 22.6. The number of rotatable bonds is 6. The number of carbonyl (C=O) groups is 1. The third kappa shape index (κ3) is 6.32. The summed E-state index contributed by atoms with van der Waals surface area (Å²) >= 11 is 8.07. The lowest BCUT2D eigenvalue weighted by Crippen LogP contribution is -2.79. The van der Waals surface area contributed by atoms with Gasteiger partial charge in [0.25, 0.3) is 0 Å². The van der Waals surface area contributed by atoms with Gasteiger partial charge in [0.05, 0.1) is 10.4 Å². The normalized spacial score (nSPS) is 12.0. The van der Waals surface area contributed by atoms with Crippen LogP contribution in [0.2, 0.25) is 5.02 Å². The fourth-order valence-electron chi connectivity index (χ4n) is 3.53. The number of hydrogen-bond donors (Lipinski definition) is 5. The summed E-state index contributed by atoms with van der Waals surface area (Å²) in [5.74, 6) is 0.896. The first kappa shape index (κ1) is 26.3. The molecule has 0 saturated heterocycles. The lowest BCUT2D eigenvalue weighted by molar-refractivity contribution is -0.522. The quantitative estimate of drug-likeness (QED) is 0.157. The molecule has 7 N–H and O–H groups in total. The fourth-order valence-corrected chi connectivity index (χ4v) is 4.73. The molecule has 2 aromatic heterocycles. The van der Waals surface area contributed by atoms with E-state index in [2.05, 4.69) is 20.6 Å². The minimum absolute atomic E-state index is 0.367. The molecule has 0 aliphatic carbocycles. The minimum Gasteiger partial charge on any atom is -0.383 e.